The van der Waals surface area contributed by atoms with Crippen molar-refractivity contribution < 1.29 is 14.3 Å². The minimum absolute atomic E-state index is 0.0973. The Kier molecular flexibility index (Phi) is 5.18. The van der Waals surface area contributed by atoms with Gasteiger partial charge >= 0.3 is 6.09 Å². The Morgan fingerprint density at radius 2 is 1.92 bits per heavy atom. The Morgan fingerprint density at radius 3 is 2.50 bits per heavy atom. The number of rotatable bonds is 1. The molecule has 2 amide bonds. The summed E-state index contributed by atoms with van der Waals surface area (Å²) in [7, 11) is 0. The molecular weight excluding hydrogens is 304 g/mol. The van der Waals surface area contributed by atoms with Crippen molar-refractivity contribution in [1.82, 2.24) is 9.80 Å². The molecule has 1 aromatic rings. The van der Waals surface area contributed by atoms with Crippen molar-refractivity contribution in [3.8, 4) is 12.3 Å². The Hall–Kier alpha value is -2.48. The lowest BCUT2D eigenvalue weighted by Crippen LogP contribution is -2.56. The largest absolute Gasteiger partial charge is 0.444 e. The lowest BCUT2D eigenvalue weighted by atomic mass is 10.0. The summed E-state index contributed by atoms with van der Waals surface area (Å²) in [6.07, 6.45) is 5.14. The van der Waals surface area contributed by atoms with Crippen molar-refractivity contribution in [3.63, 3.8) is 0 Å². The molecule has 1 fully saturated rings. The molecule has 1 atom stereocenters. The number of ether oxygens (including phenoxy) is 1. The van der Waals surface area contributed by atoms with Crippen LogP contribution >= 0.6 is 0 Å². The molecule has 1 aliphatic heterocycles. The quantitative estimate of drug-likeness (QED) is 0.745. The van der Waals surface area contributed by atoms with E-state index in [0.29, 0.717) is 30.8 Å². The number of hydrogen-bond acceptors (Lipinski definition) is 3. The second-order valence-corrected chi connectivity index (χ2v) is 6.96. The Morgan fingerprint density at radius 1 is 1.25 bits per heavy atom. The average Bonchev–Trinajstić information content (AvgIpc) is 2.52. The zero-order chi connectivity index (χ0) is 17.9. The third kappa shape index (κ3) is 4.08. The molecule has 128 valence electrons. The summed E-state index contributed by atoms with van der Waals surface area (Å²) >= 11 is 0. The first-order valence-electron chi connectivity index (χ1n) is 8.07. The molecule has 0 saturated carbocycles. The van der Waals surface area contributed by atoms with Gasteiger partial charge in [0.2, 0.25) is 0 Å². The molecule has 0 aromatic heterocycles. The average molecular weight is 328 g/mol. The molecule has 0 radical (unpaired) electrons. The highest BCUT2D eigenvalue weighted by atomic mass is 16.6. The van der Waals surface area contributed by atoms with Crippen LogP contribution < -0.4 is 0 Å². The smallest absolute Gasteiger partial charge is 0.410 e. The summed E-state index contributed by atoms with van der Waals surface area (Å²) in [5, 5.41) is 0. The van der Waals surface area contributed by atoms with Crippen molar-refractivity contribution in [2.75, 3.05) is 19.6 Å². The monoisotopic (exact) mass is 328 g/mol. The number of hydrogen-bond donors (Lipinski definition) is 0. The van der Waals surface area contributed by atoms with E-state index in [2.05, 4.69) is 5.92 Å². The van der Waals surface area contributed by atoms with E-state index in [1.54, 1.807) is 28.0 Å². The van der Waals surface area contributed by atoms with Crippen LogP contribution in [0.3, 0.4) is 0 Å². The van der Waals surface area contributed by atoms with Crippen molar-refractivity contribution in [2.45, 2.75) is 39.3 Å². The maximum Gasteiger partial charge on any atom is 0.410 e. The predicted octanol–water partition coefficient (Wildman–Crippen LogP) is 2.75. The normalized spacial score (nSPS) is 18.0. The molecule has 24 heavy (non-hydrogen) atoms. The summed E-state index contributed by atoms with van der Waals surface area (Å²) < 4.78 is 5.40. The third-order valence-electron chi connectivity index (χ3n) is 3.85. The van der Waals surface area contributed by atoms with E-state index >= 15 is 0 Å². The Balaban J connectivity index is 2.07. The van der Waals surface area contributed by atoms with Crippen LogP contribution in [0.15, 0.2) is 24.3 Å². The highest BCUT2D eigenvalue weighted by Crippen LogP contribution is 2.18. The second-order valence-electron chi connectivity index (χ2n) is 6.96. The fraction of sp³-hybridized carbons (Fsp3) is 0.474. The zero-order valence-corrected chi connectivity index (χ0v) is 14.7. The third-order valence-corrected chi connectivity index (χ3v) is 3.85. The van der Waals surface area contributed by atoms with Crippen molar-refractivity contribution in [1.29, 1.82) is 0 Å². The van der Waals surface area contributed by atoms with Gasteiger partial charge in [-0.25, -0.2) is 4.79 Å². The summed E-state index contributed by atoms with van der Waals surface area (Å²) in [6.45, 7) is 8.79. The molecule has 1 aliphatic rings. The van der Waals surface area contributed by atoms with E-state index in [0.717, 1.165) is 0 Å². The van der Waals surface area contributed by atoms with Crippen LogP contribution in [-0.2, 0) is 4.74 Å². The van der Waals surface area contributed by atoms with Gasteiger partial charge in [-0.2, -0.15) is 0 Å². The highest BCUT2D eigenvalue weighted by Gasteiger charge is 2.32. The topological polar surface area (TPSA) is 49.9 Å². The summed E-state index contributed by atoms with van der Waals surface area (Å²) in [5.74, 6) is 2.45. The van der Waals surface area contributed by atoms with Crippen molar-refractivity contribution in [3.05, 3.63) is 35.4 Å². The van der Waals surface area contributed by atoms with Gasteiger partial charge in [0.25, 0.3) is 5.91 Å². The molecule has 2 rings (SSSR count). The fourth-order valence-electron chi connectivity index (χ4n) is 2.70. The van der Waals surface area contributed by atoms with Crippen LogP contribution in [0.1, 0.15) is 43.6 Å². The van der Waals surface area contributed by atoms with Crippen LogP contribution in [0, 0.1) is 12.3 Å². The van der Waals surface area contributed by atoms with E-state index in [4.69, 9.17) is 11.2 Å². The zero-order valence-electron chi connectivity index (χ0n) is 14.7. The van der Waals surface area contributed by atoms with Crippen LogP contribution in [0.5, 0.6) is 0 Å². The fourth-order valence-corrected chi connectivity index (χ4v) is 2.70. The van der Waals surface area contributed by atoms with Gasteiger partial charge in [-0.15, -0.1) is 6.42 Å². The van der Waals surface area contributed by atoms with E-state index in [-0.39, 0.29) is 18.0 Å². The number of nitrogens with zero attached hydrogens (tertiary/aromatic N) is 2. The molecule has 1 saturated heterocycles. The predicted molar refractivity (Wildman–Crippen MR) is 92.7 cm³/mol. The van der Waals surface area contributed by atoms with E-state index in [9.17, 15) is 9.59 Å². The minimum Gasteiger partial charge on any atom is -0.444 e. The molecule has 1 aromatic carbocycles. The molecule has 5 heteroatoms. The van der Waals surface area contributed by atoms with Crippen LogP contribution in [-0.4, -0.2) is 53.1 Å². The molecular formula is C19H24N2O3. The van der Waals surface area contributed by atoms with E-state index < -0.39 is 5.60 Å². The number of carbonyl (C=O) groups excluding carboxylic acids is 2. The number of benzene rings is 1. The SMILES string of the molecule is C#Cc1ccccc1C(=O)N1CCN(C(=O)OC(C)(C)C)C[C@H]1C. The maximum absolute atomic E-state index is 12.8. The van der Waals surface area contributed by atoms with Gasteiger partial charge in [-0.1, -0.05) is 18.1 Å². The lowest BCUT2D eigenvalue weighted by Gasteiger charge is -2.40. The van der Waals surface area contributed by atoms with Gasteiger partial charge in [0.05, 0.1) is 5.56 Å². The van der Waals surface area contributed by atoms with Gasteiger partial charge in [-0.05, 0) is 39.8 Å². The summed E-state index contributed by atoms with van der Waals surface area (Å²) in [5.41, 5.74) is 0.584. The van der Waals surface area contributed by atoms with Gasteiger partial charge in [0, 0.05) is 31.2 Å². The molecule has 0 aliphatic carbocycles. The van der Waals surface area contributed by atoms with E-state index in [1.165, 1.54) is 0 Å². The Bertz CT molecular complexity index is 670. The minimum atomic E-state index is -0.529. The van der Waals surface area contributed by atoms with Gasteiger partial charge in [0.15, 0.2) is 0 Å². The summed E-state index contributed by atoms with van der Waals surface area (Å²) in [4.78, 5) is 28.4. The van der Waals surface area contributed by atoms with Gasteiger partial charge < -0.3 is 14.5 Å². The first-order chi connectivity index (χ1) is 11.2. The number of carbonyl (C=O) groups is 2. The molecule has 0 N–H and O–H groups in total. The molecule has 0 bridgehead atoms. The first kappa shape index (κ1) is 17.9. The van der Waals surface area contributed by atoms with Crippen molar-refractivity contribution in [2.24, 2.45) is 0 Å². The first-order valence-corrected chi connectivity index (χ1v) is 8.07. The maximum atomic E-state index is 12.8. The summed E-state index contributed by atoms with van der Waals surface area (Å²) in [6, 6.07) is 7.01. The number of amides is 2. The van der Waals surface area contributed by atoms with Crippen molar-refractivity contribution >= 4 is 12.0 Å². The molecule has 5 nitrogen and oxygen atoms in total. The molecule has 0 unspecified atom stereocenters. The van der Waals surface area contributed by atoms with Crippen LogP contribution in [0.4, 0.5) is 4.79 Å². The Labute approximate surface area is 143 Å². The highest BCUT2D eigenvalue weighted by molar-refractivity contribution is 5.97. The van der Waals surface area contributed by atoms with Crippen LogP contribution in [0.2, 0.25) is 0 Å². The number of terminal acetylenes is 1. The molecule has 0 spiro atoms. The van der Waals surface area contributed by atoms with Gasteiger partial charge in [0.1, 0.15) is 5.60 Å². The lowest BCUT2D eigenvalue weighted by molar-refractivity contribution is 0.00616. The van der Waals surface area contributed by atoms with Gasteiger partial charge in [-0.3, -0.25) is 4.79 Å². The second kappa shape index (κ2) is 6.96. The molecule has 1 heterocycles. The number of piperazine rings is 1. The van der Waals surface area contributed by atoms with Crippen LogP contribution in [0.25, 0.3) is 0 Å². The van der Waals surface area contributed by atoms with E-state index in [1.807, 2.05) is 33.8 Å². The standard InChI is InChI=1S/C19H24N2O3/c1-6-15-9-7-8-10-16(15)17(22)21-12-11-20(13-14(21)2)18(23)24-19(3,4)5/h1,7-10,14H,11-13H2,2-5H3/t14-/m1/s1.